The molecule has 0 bridgehead atoms. The molecule has 2 aromatic rings. The number of nitrogens with one attached hydrogen (secondary N) is 1. The number of rotatable bonds is 7. The van der Waals surface area contributed by atoms with Crippen molar-refractivity contribution in [1.82, 2.24) is 19.7 Å². The molecule has 0 radical (unpaired) electrons. The highest BCUT2D eigenvalue weighted by molar-refractivity contribution is 7.99. The molecule has 134 valence electrons. The van der Waals surface area contributed by atoms with E-state index in [-0.39, 0.29) is 5.91 Å². The van der Waals surface area contributed by atoms with E-state index in [4.69, 9.17) is 4.74 Å². The number of hydrogen-bond acceptors (Lipinski definition) is 6. The highest BCUT2D eigenvalue weighted by Gasteiger charge is 2.17. The van der Waals surface area contributed by atoms with E-state index in [0.29, 0.717) is 5.75 Å². The third kappa shape index (κ3) is 5.04. The van der Waals surface area contributed by atoms with Crippen molar-refractivity contribution < 1.29 is 9.53 Å². The first-order valence-corrected chi connectivity index (χ1v) is 9.44. The molecule has 1 aliphatic rings. The molecule has 1 aromatic heterocycles. The summed E-state index contributed by atoms with van der Waals surface area (Å²) in [6, 6.07) is 9.46. The Morgan fingerprint density at radius 3 is 2.72 bits per heavy atom. The van der Waals surface area contributed by atoms with Crippen LogP contribution in [0.25, 0.3) is 0 Å². The van der Waals surface area contributed by atoms with Gasteiger partial charge in [0.25, 0.3) is 0 Å². The van der Waals surface area contributed by atoms with Crippen molar-refractivity contribution in [3.63, 3.8) is 0 Å². The zero-order valence-corrected chi connectivity index (χ0v) is 15.2. The van der Waals surface area contributed by atoms with Gasteiger partial charge in [-0.3, -0.25) is 9.69 Å². The number of anilines is 1. The SMILES string of the molecule is CCn1c(CN2CCOCC2)nnc1SCC(=O)Nc1ccccc1. The van der Waals surface area contributed by atoms with Crippen molar-refractivity contribution in [3.05, 3.63) is 36.2 Å². The van der Waals surface area contributed by atoms with Crippen LogP contribution in [-0.4, -0.2) is 57.6 Å². The normalized spacial score (nSPS) is 15.2. The largest absolute Gasteiger partial charge is 0.379 e. The Morgan fingerprint density at radius 2 is 2.00 bits per heavy atom. The van der Waals surface area contributed by atoms with Crippen molar-refractivity contribution in [2.75, 3.05) is 37.4 Å². The summed E-state index contributed by atoms with van der Waals surface area (Å²) in [5.74, 6) is 1.21. The third-order valence-electron chi connectivity index (χ3n) is 3.97. The minimum Gasteiger partial charge on any atom is -0.379 e. The molecule has 1 saturated heterocycles. The average molecular weight is 361 g/mol. The molecule has 7 nitrogen and oxygen atoms in total. The molecule has 8 heteroatoms. The molecule has 0 saturated carbocycles. The molecule has 1 amide bonds. The van der Waals surface area contributed by atoms with Gasteiger partial charge in [-0.25, -0.2) is 0 Å². The number of amides is 1. The second-order valence-electron chi connectivity index (χ2n) is 5.73. The number of ether oxygens (including phenoxy) is 1. The minimum absolute atomic E-state index is 0.0448. The van der Waals surface area contributed by atoms with Gasteiger partial charge in [-0.1, -0.05) is 30.0 Å². The molecule has 0 atom stereocenters. The Labute approximate surface area is 151 Å². The fourth-order valence-electron chi connectivity index (χ4n) is 2.67. The molecule has 2 heterocycles. The molecule has 1 fully saturated rings. The lowest BCUT2D eigenvalue weighted by molar-refractivity contribution is -0.113. The van der Waals surface area contributed by atoms with E-state index in [1.54, 1.807) is 0 Å². The maximum absolute atomic E-state index is 12.1. The van der Waals surface area contributed by atoms with Crippen LogP contribution in [0.1, 0.15) is 12.7 Å². The lowest BCUT2D eigenvalue weighted by atomic mass is 10.3. The maximum Gasteiger partial charge on any atom is 0.234 e. The van der Waals surface area contributed by atoms with Gasteiger partial charge in [-0.2, -0.15) is 0 Å². The molecule has 3 rings (SSSR count). The molecule has 1 N–H and O–H groups in total. The summed E-state index contributed by atoms with van der Waals surface area (Å²) >= 11 is 1.42. The lowest BCUT2D eigenvalue weighted by Gasteiger charge is -2.26. The standard InChI is InChI=1S/C17H23N5O2S/c1-2-22-15(12-21-8-10-24-11-9-21)19-20-17(22)25-13-16(23)18-14-6-4-3-5-7-14/h3-7H,2,8-13H2,1H3,(H,18,23). The van der Waals surface area contributed by atoms with Gasteiger partial charge in [-0.15, -0.1) is 10.2 Å². The Morgan fingerprint density at radius 1 is 1.24 bits per heavy atom. The maximum atomic E-state index is 12.1. The smallest absolute Gasteiger partial charge is 0.234 e. The quantitative estimate of drug-likeness (QED) is 0.759. The van der Waals surface area contributed by atoms with E-state index >= 15 is 0 Å². The predicted octanol–water partition coefficient (Wildman–Crippen LogP) is 1.86. The highest BCUT2D eigenvalue weighted by atomic mass is 32.2. The Kier molecular flexibility index (Phi) is 6.43. The number of thioether (sulfide) groups is 1. The van der Waals surface area contributed by atoms with Crippen LogP contribution in [0, 0.1) is 0 Å². The van der Waals surface area contributed by atoms with Gasteiger partial charge < -0.3 is 14.6 Å². The molecule has 25 heavy (non-hydrogen) atoms. The summed E-state index contributed by atoms with van der Waals surface area (Å²) in [5, 5.41) is 12.3. The third-order valence-corrected chi connectivity index (χ3v) is 4.94. The number of carbonyl (C=O) groups excluding carboxylic acids is 1. The first-order valence-electron chi connectivity index (χ1n) is 8.46. The van der Waals surface area contributed by atoms with Gasteiger partial charge in [0, 0.05) is 25.3 Å². The zero-order valence-electron chi connectivity index (χ0n) is 14.4. The molecule has 0 spiro atoms. The van der Waals surface area contributed by atoms with Crippen LogP contribution in [0.4, 0.5) is 5.69 Å². The topological polar surface area (TPSA) is 72.3 Å². The Bertz CT molecular complexity index is 686. The molecular formula is C17H23N5O2S. The molecule has 0 unspecified atom stereocenters. The zero-order chi connectivity index (χ0) is 17.5. The fraction of sp³-hybridized carbons (Fsp3) is 0.471. The number of benzene rings is 1. The molecule has 1 aromatic carbocycles. The number of nitrogens with zero attached hydrogens (tertiary/aromatic N) is 4. The van der Waals surface area contributed by atoms with E-state index in [0.717, 1.165) is 56.1 Å². The van der Waals surface area contributed by atoms with Crippen molar-refractivity contribution >= 4 is 23.4 Å². The van der Waals surface area contributed by atoms with E-state index in [9.17, 15) is 4.79 Å². The number of para-hydroxylation sites is 1. The minimum atomic E-state index is -0.0448. The van der Waals surface area contributed by atoms with Crippen LogP contribution in [0.15, 0.2) is 35.5 Å². The van der Waals surface area contributed by atoms with Crippen LogP contribution >= 0.6 is 11.8 Å². The fourth-order valence-corrected chi connectivity index (χ4v) is 3.49. The van der Waals surface area contributed by atoms with Crippen LogP contribution in [-0.2, 0) is 22.6 Å². The first kappa shape index (κ1) is 17.9. The summed E-state index contributed by atoms with van der Waals surface area (Å²) in [5.41, 5.74) is 0.804. The number of carbonyl (C=O) groups is 1. The molecular weight excluding hydrogens is 338 g/mol. The van der Waals surface area contributed by atoms with Gasteiger partial charge in [-0.05, 0) is 19.1 Å². The Balaban J connectivity index is 1.56. The van der Waals surface area contributed by atoms with Crippen molar-refractivity contribution in [2.24, 2.45) is 0 Å². The van der Waals surface area contributed by atoms with Crippen molar-refractivity contribution in [1.29, 1.82) is 0 Å². The van der Waals surface area contributed by atoms with Crippen LogP contribution < -0.4 is 5.32 Å². The second kappa shape index (κ2) is 8.98. The van der Waals surface area contributed by atoms with E-state index < -0.39 is 0 Å². The Hall–Kier alpha value is -1.90. The first-order chi connectivity index (χ1) is 12.3. The van der Waals surface area contributed by atoms with Crippen LogP contribution in [0.3, 0.4) is 0 Å². The van der Waals surface area contributed by atoms with Gasteiger partial charge >= 0.3 is 0 Å². The lowest BCUT2D eigenvalue weighted by Crippen LogP contribution is -2.36. The molecule has 0 aliphatic carbocycles. The van der Waals surface area contributed by atoms with Crippen LogP contribution in [0.2, 0.25) is 0 Å². The van der Waals surface area contributed by atoms with Crippen LogP contribution in [0.5, 0.6) is 0 Å². The summed E-state index contributed by atoms with van der Waals surface area (Å²) in [7, 11) is 0. The molecule has 1 aliphatic heterocycles. The van der Waals surface area contributed by atoms with Gasteiger partial charge in [0.15, 0.2) is 5.16 Å². The number of hydrogen-bond donors (Lipinski definition) is 1. The predicted molar refractivity (Wildman–Crippen MR) is 97.6 cm³/mol. The number of morpholine rings is 1. The second-order valence-corrected chi connectivity index (χ2v) is 6.68. The van der Waals surface area contributed by atoms with Crippen molar-refractivity contribution in [2.45, 2.75) is 25.2 Å². The summed E-state index contributed by atoms with van der Waals surface area (Å²) in [4.78, 5) is 14.4. The summed E-state index contributed by atoms with van der Waals surface area (Å²) < 4.78 is 7.46. The highest BCUT2D eigenvalue weighted by Crippen LogP contribution is 2.18. The van der Waals surface area contributed by atoms with Crippen molar-refractivity contribution in [3.8, 4) is 0 Å². The van der Waals surface area contributed by atoms with E-state index in [1.165, 1.54) is 11.8 Å². The van der Waals surface area contributed by atoms with E-state index in [2.05, 4.69) is 31.9 Å². The summed E-state index contributed by atoms with van der Waals surface area (Å²) in [6.07, 6.45) is 0. The monoisotopic (exact) mass is 361 g/mol. The van der Waals surface area contributed by atoms with E-state index in [1.807, 2.05) is 30.3 Å². The summed E-state index contributed by atoms with van der Waals surface area (Å²) in [6.45, 7) is 6.98. The average Bonchev–Trinajstić information content (AvgIpc) is 3.03. The van der Waals surface area contributed by atoms with Gasteiger partial charge in [0.1, 0.15) is 5.82 Å². The van der Waals surface area contributed by atoms with Gasteiger partial charge in [0.05, 0.1) is 25.5 Å². The van der Waals surface area contributed by atoms with Gasteiger partial charge in [0.2, 0.25) is 5.91 Å². The number of aromatic nitrogens is 3.